The molecule has 1 saturated carbocycles. The van der Waals surface area contributed by atoms with Crippen molar-refractivity contribution >= 4 is 5.91 Å². The smallest absolute Gasteiger partial charge is 0.274 e. The number of rotatable bonds is 5. The van der Waals surface area contributed by atoms with E-state index in [9.17, 15) is 9.18 Å². The average Bonchev–Trinajstić information content (AvgIpc) is 2.53. The van der Waals surface area contributed by atoms with Crippen LogP contribution in [-0.2, 0) is 13.0 Å². The van der Waals surface area contributed by atoms with Gasteiger partial charge in [-0.25, -0.2) is 9.87 Å². The highest BCUT2D eigenvalue weighted by molar-refractivity contribution is 5.93. The van der Waals surface area contributed by atoms with Crippen molar-refractivity contribution in [2.24, 2.45) is 5.92 Å². The van der Waals surface area contributed by atoms with Crippen LogP contribution in [0.5, 0.6) is 0 Å². The summed E-state index contributed by atoms with van der Waals surface area (Å²) in [4.78, 5) is 16.1. The third-order valence-corrected chi connectivity index (χ3v) is 5.47. The van der Waals surface area contributed by atoms with Crippen LogP contribution in [0.15, 0.2) is 12.1 Å². The van der Waals surface area contributed by atoms with Crippen molar-refractivity contribution in [3.05, 3.63) is 34.6 Å². The first kappa shape index (κ1) is 17.3. The number of hydrogen-bond acceptors (Lipinski definition) is 4. The van der Waals surface area contributed by atoms with Crippen LogP contribution in [0.3, 0.4) is 0 Å². The van der Waals surface area contributed by atoms with Crippen molar-refractivity contribution < 1.29 is 17.2 Å². The Labute approximate surface area is 145 Å². The molecule has 2 aliphatic rings. The Balaban J connectivity index is 0.00000169. The SMILES string of the molecule is CN(C)CCC1CC[C@H]1N1CCc2cc(C(=O)NO)cc(F)c2C1.[HH].[HH]. The van der Waals surface area contributed by atoms with E-state index in [2.05, 4.69) is 23.9 Å². The monoisotopic (exact) mass is 339 g/mol. The molecule has 1 aliphatic carbocycles. The lowest BCUT2D eigenvalue weighted by atomic mass is 9.75. The highest BCUT2D eigenvalue weighted by Crippen LogP contribution is 2.37. The maximum absolute atomic E-state index is 14.4. The molecule has 2 N–H and O–H groups in total. The number of fused-ring (bicyclic) bond motifs is 1. The Morgan fingerprint density at radius 2 is 2.25 bits per heavy atom. The summed E-state index contributed by atoms with van der Waals surface area (Å²) in [5.74, 6) is -0.307. The molecule has 0 radical (unpaired) electrons. The number of halogens is 1. The molecule has 1 fully saturated rings. The highest BCUT2D eigenvalue weighted by Gasteiger charge is 2.37. The summed E-state index contributed by atoms with van der Waals surface area (Å²) in [6, 6.07) is 3.47. The molecular weight excluding hydrogens is 309 g/mol. The van der Waals surface area contributed by atoms with E-state index in [1.807, 2.05) is 0 Å². The number of benzene rings is 1. The summed E-state index contributed by atoms with van der Waals surface area (Å²) in [5, 5.41) is 8.72. The summed E-state index contributed by atoms with van der Waals surface area (Å²) in [6.07, 6.45) is 4.40. The summed E-state index contributed by atoms with van der Waals surface area (Å²) in [5.41, 5.74) is 3.33. The molecule has 3 rings (SSSR count). The Morgan fingerprint density at radius 1 is 1.46 bits per heavy atom. The minimum atomic E-state index is -0.665. The van der Waals surface area contributed by atoms with Gasteiger partial charge < -0.3 is 4.90 Å². The molecule has 1 aliphatic heterocycles. The van der Waals surface area contributed by atoms with Gasteiger partial charge in [-0.3, -0.25) is 14.9 Å². The number of nitrogens with zero attached hydrogens (tertiary/aromatic N) is 2. The number of amides is 1. The van der Waals surface area contributed by atoms with Crippen molar-refractivity contribution in [3.63, 3.8) is 0 Å². The molecule has 2 atom stereocenters. The summed E-state index contributed by atoms with van der Waals surface area (Å²) in [7, 11) is 4.20. The molecule has 0 aromatic heterocycles. The number of carbonyl (C=O) groups is 1. The molecule has 24 heavy (non-hydrogen) atoms. The Kier molecular flexibility index (Phi) is 5.18. The second kappa shape index (κ2) is 7.17. The minimum Gasteiger partial charge on any atom is -0.309 e. The van der Waals surface area contributed by atoms with Crippen molar-refractivity contribution in [2.45, 2.75) is 38.3 Å². The third-order valence-electron chi connectivity index (χ3n) is 5.47. The number of hydrogen-bond donors (Lipinski definition) is 2. The quantitative estimate of drug-likeness (QED) is 0.639. The summed E-state index contributed by atoms with van der Waals surface area (Å²) >= 11 is 0. The van der Waals surface area contributed by atoms with E-state index in [0.29, 0.717) is 24.1 Å². The van der Waals surface area contributed by atoms with Crippen LogP contribution in [0.25, 0.3) is 0 Å². The van der Waals surface area contributed by atoms with Gasteiger partial charge in [-0.15, -0.1) is 0 Å². The third kappa shape index (κ3) is 3.45. The van der Waals surface area contributed by atoms with E-state index in [-0.39, 0.29) is 14.2 Å². The van der Waals surface area contributed by atoms with Gasteiger partial charge in [0.25, 0.3) is 5.91 Å². The average molecular weight is 339 g/mol. The van der Waals surface area contributed by atoms with Gasteiger partial charge in [0.1, 0.15) is 5.82 Å². The van der Waals surface area contributed by atoms with E-state index in [1.54, 1.807) is 11.5 Å². The molecule has 5 nitrogen and oxygen atoms in total. The summed E-state index contributed by atoms with van der Waals surface area (Å²) in [6.45, 7) is 2.62. The number of carbonyl (C=O) groups excluding carboxylic acids is 1. The molecule has 1 aromatic rings. The maximum atomic E-state index is 14.4. The van der Waals surface area contributed by atoms with Gasteiger partial charge >= 0.3 is 0 Å². The van der Waals surface area contributed by atoms with E-state index < -0.39 is 5.91 Å². The molecule has 136 valence electrons. The Morgan fingerprint density at radius 3 is 2.88 bits per heavy atom. The van der Waals surface area contributed by atoms with Crippen LogP contribution in [0.2, 0.25) is 0 Å². The zero-order valence-corrected chi connectivity index (χ0v) is 14.4. The van der Waals surface area contributed by atoms with Crippen LogP contribution < -0.4 is 5.48 Å². The van der Waals surface area contributed by atoms with Gasteiger partial charge in [0.05, 0.1) is 0 Å². The molecule has 6 heteroatoms. The van der Waals surface area contributed by atoms with Gasteiger partial charge in [0.2, 0.25) is 0 Å². The Hall–Kier alpha value is -1.50. The van der Waals surface area contributed by atoms with Crippen molar-refractivity contribution in [1.29, 1.82) is 0 Å². The second-order valence-corrected chi connectivity index (χ2v) is 7.25. The van der Waals surface area contributed by atoms with E-state index >= 15 is 0 Å². The predicted octanol–water partition coefficient (Wildman–Crippen LogP) is 2.53. The molecular formula is C18H30FN3O2. The highest BCUT2D eigenvalue weighted by atomic mass is 19.1. The van der Waals surface area contributed by atoms with Gasteiger partial charge in [-0.2, -0.15) is 0 Å². The van der Waals surface area contributed by atoms with Crippen molar-refractivity contribution in [3.8, 4) is 0 Å². The van der Waals surface area contributed by atoms with Gasteiger partial charge in [0, 0.05) is 33.1 Å². The summed E-state index contributed by atoms with van der Waals surface area (Å²) < 4.78 is 14.4. The van der Waals surface area contributed by atoms with Gasteiger partial charge in [0.15, 0.2) is 0 Å². The van der Waals surface area contributed by atoms with Crippen LogP contribution in [0.1, 0.15) is 43.6 Å². The topological polar surface area (TPSA) is 55.8 Å². The minimum absolute atomic E-state index is 0. The van der Waals surface area contributed by atoms with Crippen LogP contribution in [-0.4, -0.2) is 54.1 Å². The van der Waals surface area contributed by atoms with Crippen molar-refractivity contribution in [2.75, 3.05) is 27.2 Å². The second-order valence-electron chi connectivity index (χ2n) is 7.25. The van der Waals surface area contributed by atoms with Gasteiger partial charge in [-0.05, 0) is 69.9 Å². The fourth-order valence-corrected chi connectivity index (χ4v) is 3.91. The molecule has 1 heterocycles. The zero-order chi connectivity index (χ0) is 17.3. The van der Waals surface area contributed by atoms with Crippen LogP contribution >= 0.6 is 0 Å². The fraction of sp³-hybridized carbons (Fsp3) is 0.611. The molecule has 1 unspecified atom stereocenters. The molecule has 0 saturated heterocycles. The first-order valence-electron chi connectivity index (χ1n) is 8.64. The largest absolute Gasteiger partial charge is 0.309 e. The van der Waals surface area contributed by atoms with Crippen molar-refractivity contribution in [1.82, 2.24) is 15.3 Å². The van der Waals surface area contributed by atoms with E-state index in [1.165, 1.54) is 25.3 Å². The zero-order valence-electron chi connectivity index (χ0n) is 14.4. The fourth-order valence-electron chi connectivity index (χ4n) is 3.91. The molecule has 0 spiro atoms. The first-order valence-corrected chi connectivity index (χ1v) is 8.64. The maximum Gasteiger partial charge on any atom is 0.274 e. The molecule has 1 amide bonds. The van der Waals surface area contributed by atoms with E-state index in [4.69, 9.17) is 5.21 Å². The number of nitrogens with one attached hydrogen (secondary N) is 1. The first-order chi connectivity index (χ1) is 11.5. The Bertz CT molecular complexity index is 631. The predicted molar refractivity (Wildman–Crippen MR) is 93.7 cm³/mol. The lowest BCUT2D eigenvalue weighted by Gasteiger charge is -2.46. The normalized spacial score (nSPS) is 23.7. The lowest BCUT2D eigenvalue weighted by molar-refractivity contribution is 0.0419. The number of hydroxylamine groups is 1. The lowest BCUT2D eigenvalue weighted by Crippen LogP contribution is -2.49. The molecule has 0 bridgehead atoms. The van der Waals surface area contributed by atoms with Gasteiger partial charge in [-0.1, -0.05) is 0 Å². The molecule has 1 aromatic carbocycles. The van der Waals surface area contributed by atoms with E-state index in [0.717, 1.165) is 25.1 Å². The van der Waals surface area contributed by atoms with Crippen LogP contribution in [0, 0.1) is 11.7 Å². The standard InChI is InChI=1S/C18H26FN3O2.2H2/c1-21(2)7-5-12-3-4-17(12)22-8-6-13-9-14(18(23)20-24)10-16(19)15(13)11-22;;/h9-10,12,17,24H,3-8,11H2,1-2H3,(H,20,23);2*1H/t12?,17-;;/m1../s1. The van der Waals surface area contributed by atoms with Crippen LogP contribution in [0.4, 0.5) is 4.39 Å².